The molecule has 4 rings (SSSR count). The molecule has 0 radical (unpaired) electrons. The van der Waals surface area contributed by atoms with Crippen molar-refractivity contribution in [2.75, 3.05) is 14.1 Å². The van der Waals surface area contributed by atoms with Crippen LogP contribution in [-0.4, -0.2) is 14.1 Å². The van der Waals surface area contributed by atoms with Crippen molar-refractivity contribution in [3.8, 4) is 22.6 Å². The minimum atomic E-state index is 0.541. The molecule has 0 saturated carbocycles. The van der Waals surface area contributed by atoms with Crippen molar-refractivity contribution in [1.82, 2.24) is 10.6 Å². The van der Waals surface area contributed by atoms with Gasteiger partial charge in [0.15, 0.2) is 0 Å². The van der Waals surface area contributed by atoms with Crippen molar-refractivity contribution in [2.24, 2.45) is 0 Å². The highest BCUT2D eigenvalue weighted by atomic mass is 16.5. The molecule has 0 aliphatic carbocycles. The molecule has 0 heterocycles. The summed E-state index contributed by atoms with van der Waals surface area (Å²) < 4.78 is 12.5. The maximum absolute atomic E-state index is 6.24. The van der Waals surface area contributed by atoms with Gasteiger partial charge in [0.05, 0.1) is 0 Å². The Morgan fingerprint density at radius 2 is 0.861 bits per heavy atom. The van der Waals surface area contributed by atoms with Gasteiger partial charge in [-0.25, -0.2) is 0 Å². The molecule has 0 aromatic heterocycles. The first-order chi connectivity index (χ1) is 17.6. The SMILES string of the molecule is CNCc1ccc(COc2cccc(-c3cccc(OCc4ccc(CNC)cc4)c3C)c2C)cc1. The van der Waals surface area contributed by atoms with E-state index in [0.29, 0.717) is 13.2 Å². The summed E-state index contributed by atoms with van der Waals surface area (Å²) in [7, 11) is 3.92. The monoisotopic (exact) mass is 480 g/mol. The Labute approximate surface area is 215 Å². The molecule has 0 spiro atoms. The molecule has 4 nitrogen and oxygen atoms in total. The van der Waals surface area contributed by atoms with Gasteiger partial charge in [-0.05, 0) is 84.6 Å². The lowest BCUT2D eigenvalue weighted by Crippen LogP contribution is -2.05. The standard InChI is InChI=1S/C32H36N2O2/c1-23-29(7-5-9-31(23)35-21-27-15-11-25(12-16-27)19-33-3)30-8-6-10-32(24(30)2)36-22-28-17-13-26(14-18-28)20-34-4/h5-18,33-34H,19-22H2,1-4H3. The van der Waals surface area contributed by atoms with E-state index in [2.05, 4.69) is 97.3 Å². The van der Waals surface area contributed by atoms with Crippen LogP contribution in [-0.2, 0) is 26.3 Å². The van der Waals surface area contributed by atoms with Crippen molar-refractivity contribution in [3.63, 3.8) is 0 Å². The molecule has 4 aromatic carbocycles. The van der Waals surface area contributed by atoms with Crippen LogP contribution in [0.15, 0.2) is 84.9 Å². The van der Waals surface area contributed by atoms with Gasteiger partial charge in [0.1, 0.15) is 24.7 Å². The lowest BCUT2D eigenvalue weighted by molar-refractivity contribution is 0.303. The fourth-order valence-corrected chi connectivity index (χ4v) is 4.36. The zero-order chi connectivity index (χ0) is 25.3. The third kappa shape index (κ3) is 6.34. The van der Waals surface area contributed by atoms with Crippen molar-refractivity contribution < 1.29 is 9.47 Å². The molecule has 0 bridgehead atoms. The van der Waals surface area contributed by atoms with Gasteiger partial charge in [-0.3, -0.25) is 0 Å². The highest BCUT2D eigenvalue weighted by molar-refractivity contribution is 5.74. The van der Waals surface area contributed by atoms with Crippen molar-refractivity contribution in [3.05, 3.63) is 118 Å². The molecular formula is C32H36N2O2. The van der Waals surface area contributed by atoms with Crippen molar-refractivity contribution >= 4 is 0 Å². The van der Waals surface area contributed by atoms with Gasteiger partial charge in [0.2, 0.25) is 0 Å². The fraction of sp³-hybridized carbons (Fsp3) is 0.250. The quantitative estimate of drug-likeness (QED) is 0.255. The van der Waals surface area contributed by atoms with E-state index in [9.17, 15) is 0 Å². The smallest absolute Gasteiger partial charge is 0.123 e. The summed E-state index contributed by atoms with van der Waals surface area (Å²) in [5.74, 6) is 1.80. The van der Waals surface area contributed by atoms with Crippen LogP contribution < -0.4 is 20.1 Å². The molecule has 4 heteroatoms. The van der Waals surface area contributed by atoms with Crippen LogP contribution in [0.3, 0.4) is 0 Å². The maximum Gasteiger partial charge on any atom is 0.123 e. The lowest BCUT2D eigenvalue weighted by Gasteiger charge is -2.17. The molecule has 0 amide bonds. The Morgan fingerprint density at radius 1 is 0.500 bits per heavy atom. The molecule has 186 valence electrons. The van der Waals surface area contributed by atoms with Crippen LogP contribution in [0, 0.1) is 13.8 Å². The number of ether oxygens (including phenoxy) is 2. The van der Waals surface area contributed by atoms with E-state index in [1.807, 2.05) is 26.2 Å². The average molecular weight is 481 g/mol. The summed E-state index contributed by atoms with van der Waals surface area (Å²) in [6.07, 6.45) is 0. The number of nitrogens with one attached hydrogen (secondary N) is 2. The maximum atomic E-state index is 6.24. The van der Waals surface area contributed by atoms with Crippen molar-refractivity contribution in [2.45, 2.75) is 40.2 Å². The van der Waals surface area contributed by atoms with Gasteiger partial charge in [0.25, 0.3) is 0 Å². The van der Waals surface area contributed by atoms with Gasteiger partial charge in [0, 0.05) is 13.1 Å². The van der Waals surface area contributed by atoms with E-state index in [4.69, 9.17) is 9.47 Å². The molecule has 0 fully saturated rings. The number of benzene rings is 4. The Balaban J connectivity index is 1.47. The number of hydrogen-bond donors (Lipinski definition) is 2. The first-order valence-electron chi connectivity index (χ1n) is 12.5. The van der Waals surface area contributed by atoms with Gasteiger partial charge in [-0.15, -0.1) is 0 Å². The first kappa shape index (κ1) is 25.5. The Hall–Kier alpha value is -3.60. The lowest BCUT2D eigenvalue weighted by atomic mass is 9.95. The van der Waals surface area contributed by atoms with Crippen LogP contribution in [0.5, 0.6) is 11.5 Å². The Morgan fingerprint density at radius 3 is 1.22 bits per heavy atom. The van der Waals surface area contributed by atoms with Crippen LogP contribution in [0.4, 0.5) is 0 Å². The predicted octanol–water partition coefficient (Wildman–Crippen LogP) is 6.57. The first-order valence-corrected chi connectivity index (χ1v) is 12.5. The molecular weight excluding hydrogens is 444 g/mol. The molecule has 0 aliphatic rings. The molecule has 2 N–H and O–H groups in total. The van der Waals surface area contributed by atoms with Crippen LogP contribution in [0.1, 0.15) is 33.4 Å². The molecule has 0 atom stereocenters. The summed E-state index contributed by atoms with van der Waals surface area (Å²) in [4.78, 5) is 0. The second-order valence-corrected chi connectivity index (χ2v) is 9.13. The Kier molecular flexibility index (Phi) is 8.77. The number of rotatable bonds is 11. The largest absolute Gasteiger partial charge is 0.489 e. The third-order valence-corrected chi connectivity index (χ3v) is 6.45. The zero-order valence-electron chi connectivity index (χ0n) is 21.7. The topological polar surface area (TPSA) is 42.5 Å². The van der Waals surface area contributed by atoms with Crippen molar-refractivity contribution in [1.29, 1.82) is 0 Å². The highest BCUT2D eigenvalue weighted by Crippen LogP contribution is 2.35. The van der Waals surface area contributed by atoms with E-state index in [0.717, 1.165) is 58.0 Å². The highest BCUT2D eigenvalue weighted by Gasteiger charge is 2.13. The average Bonchev–Trinajstić information content (AvgIpc) is 2.90. The predicted molar refractivity (Wildman–Crippen MR) is 148 cm³/mol. The van der Waals surface area contributed by atoms with Crippen LogP contribution in [0.2, 0.25) is 0 Å². The van der Waals surface area contributed by atoms with Crippen LogP contribution >= 0.6 is 0 Å². The molecule has 0 unspecified atom stereocenters. The summed E-state index contributed by atoms with van der Waals surface area (Å²) in [5.41, 5.74) is 9.43. The second kappa shape index (κ2) is 12.4. The van der Waals surface area contributed by atoms with Crippen LogP contribution in [0.25, 0.3) is 11.1 Å². The molecule has 4 aromatic rings. The molecule has 0 aliphatic heterocycles. The van der Waals surface area contributed by atoms with Gasteiger partial charge in [-0.1, -0.05) is 72.8 Å². The summed E-state index contributed by atoms with van der Waals surface area (Å²) >= 11 is 0. The van der Waals surface area contributed by atoms with E-state index in [-0.39, 0.29) is 0 Å². The van der Waals surface area contributed by atoms with E-state index < -0.39 is 0 Å². The third-order valence-electron chi connectivity index (χ3n) is 6.45. The summed E-state index contributed by atoms with van der Waals surface area (Å²) in [6, 6.07) is 29.6. The normalized spacial score (nSPS) is 10.9. The van der Waals surface area contributed by atoms with Gasteiger partial charge < -0.3 is 20.1 Å². The molecule has 36 heavy (non-hydrogen) atoms. The summed E-state index contributed by atoms with van der Waals surface area (Å²) in [5, 5.41) is 6.36. The Bertz CT molecular complexity index is 1160. The molecule has 0 saturated heterocycles. The van der Waals surface area contributed by atoms with Gasteiger partial charge >= 0.3 is 0 Å². The van der Waals surface area contributed by atoms with E-state index in [1.165, 1.54) is 11.1 Å². The van der Waals surface area contributed by atoms with E-state index in [1.54, 1.807) is 0 Å². The minimum Gasteiger partial charge on any atom is -0.489 e. The minimum absolute atomic E-state index is 0.541. The number of hydrogen-bond acceptors (Lipinski definition) is 4. The summed E-state index contributed by atoms with van der Waals surface area (Å²) in [6.45, 7) is 7.07. The van der Waals surface area contributed by atoms with Gasteiger partial charge in [-0.2, -0.15) is 0 Å². The second-order valence-electron chi connectivity index (χ2n) is 9.13. The zero-order valence-corrected chi connectivity index (χ0v) is 21.7. The fourth-order valence-electron chi connectivity index (χ4n) is 4.36. The van der Waals surface area contributed by atoms with E-state index >= 15 is 0 Å².